The monoisotopic (exact) mass is 371 g/mol. The van der Waals surface area contributed by atoms with Crippen LogP contribution >= 0.6 is 0 Å². The van der Waals surface area contributed by atoms with E-state index in [0.29, 0.717) is 0 Å². The third kappa shape index (κ3) is 7.77. The maximum atomic E-state index is 5.87. The van der Waals surface area contributed by atoms with E-state index in [-0.39, 0.29) is 0 Å². The lowest BCUT2D eigenvalue weighted by Crippen LogP contribution is -2.20. The standard InChI is InChI=1S/C24H37NO2/c1(3-7-21-8-4-5-15-25-19-21)2-6-16-27-20-22-9-11-23(12-10-22)24-13-17-26-18-14-24/h9-13,21,25H,1-8,14-20H2. The van der Waals surface area contributed by atoms with Gasteiger partial charge in [-0.15, -0.1) is 0 Å². The molecule has 0 spiro atoms. The molecule has 1 N–H and O–H groups in total. The van der Waals surface area contributed by atoms with Gasteiger partial charge in [-0.2, -0.15) is 0 Å². The predicted molar refractivity (Wildman–Crippen MR) is 113 cm³/mol. The summed E-state index contributed by atoms with van der Waals surface area (Å²) in [5, 5.41) is 3.58. The zero-order chi connectivity index (χ0) is 18.6. The van der Waals surface area contributed by atoms with Crippen molar-refractivity contribution in [3.63, 3.8) is 0 Å². The average Bonchev–Trinajstić information content (AvgIpc) is 3.00. The topological polar surface area (TPSA) is 30.5 Å². The first-order valence-electron chi connectivity index (χ1n) is 11.1. The Morgan fingerprint density at radius 2 is 1.93 bits per heavy atom. The molecule has 150 valence electrons. The van der Waals surface area contributed by atoms with Crippen molar-refractivity contribution in [3.05, 3.63) is 41.5 Å². The van der Waals surface area contributed by atoms with E-state index in [1.807, 2.05) is 0 Å². The third-order valence-electron chi connectivity index (χ3n) is 5.86. The van der Waals surface area contributed by atoms with Gasteiger partial charge < -0.3 is 14.8 Å². The highest BCUT2D eigenvalue weighted by Gasteiger charge is 2.11. The number of benzene rings is 1. The molecule has 0 aliphatic carbocycles. The van der Waals surface area contributed by atoms with Crippen LogP contribution in [0.25, 0.3) is 5.57 Å². The molecule has 1 saturated heterocycles. The fourth-order valence-electron chi connectivity index (χ4n) is 4.12. The minimum absolute atomic E-state index is 0.732. The minimum Gasteiger partial charge on any atom is -0.377 e. The Morgan fingerprint density at radius 3 is 2.78 bits per heavy atom. The van der Waals surface area contributed by atoms with Gasteiger partial charge in [-0.1, -0.05) is 56.0 Å². The van der Waals surface area contributed by atoms with Gasteiger partial charge in [0.05, 0.1) is 19.8 Å². The van der Waals surface area contributed by atoms with Crippen LogP contribution < -0.4 is 5.32 Å². The molecule has 0 aromatic heterocycles. The fraction of sp³-hybridized carbons (Fsp3) is 0.667. The van der Waals surface area contributed by atoms with Crippen molar-refractivity contribution in [2.24, 2.45) is 5.92 Å². The van der Waals surface area contributed by atoms with Gasteiger partial charge in [0.25, 0.3) is 0 Å². The molecule has 1 fully saturated rings. The van der Waals surface area contributed by atoms with Crippen molar-refractivity contribution < 1.29 is 9.47 Å². The molecule has 3 heteroatoms. The largest absolute Gasteiger partial charge is 0.377 e. The van der Waals surface area contributed by atoms with Crippen molar-refractivity contribution in [2.45, 2.75) is 64.4 Å². The van der Waals surface area contributed by atoms with Crippen LogP contribution in [-0.4, -0.2) is 32.9 Å². The molecule has 1 atom stereocenters. The minimum atomic E-state index is 0.732. The molecule has 0 radical (unpaired) electrons. The summed E-state index contributed by atoms with van der Waals surface area (Å²) >= 11 is 0. The molecule has 0 bridgehead atoms. The van der Waals surface area contributed by atoms with Crippen molar-refractivity contribution in [1.82, 2.24) is 5.32 Å². The summed E-state index contributed by atoms with van der Waals surface area (Å²) in [5.74, 6) is 0.920. The number of hydrogen-bond acceptors (Lipinski definition) is 3. The first-order chi connectivity index (χ1) is 13.4. The molecule has 0 amide bonds. The van der Waals surface area contributed by atoms with Crippen LogP contribution in [0.4, 0.5) is 0 Å². The molecule has 1 unspecified atom stereocenters. The van der Waals surface area contributed by atoms with Crippen LogP contribution in [0.1, 0.15) is 68.9 Å². The zero-order valence-electron chi connectivity index (χ0n) is 16.9. The first-order valence-corrected chi connectivity index (χ1v) is 11.1. The normalized spacial score (nSPS) is 20.9. The summed E-state index contributed by atoms with van der Waals surface area (Å²) in [5.41, 5.74) is 4.01. The lowest BCUT2D eigenvalue weighted by molar-refractivity contribution is 0.116. The lowest BCUT2D eigenvalue weighted by atomic mass is 9.96. The van der Waals surface area contributed by atoms with Crippen molar-refractivity contribution >= 4 is 5.57 Å². The third-order valence-corrected chi connectivity index (χ3v) is 5.86. The molecule has 0 saturated carbocycles. The second-order valence-corrected chi connectivity index (χ2v) is 8.07. The average molecular weight is 372 g/mol. The van der Waals surface area contributed by atoms with E-state index in [2.05, 4.69) is 35.7 Å². The van der Waals surface area contributed by atoms with E-state index in [1.54, 1.807) is 0 Å². The van der Waals surface area contributed by atoms with Crippen LogP contribution in [0.2, 0.25) is 0 Å². The van der Waals surface area contributed by atoms with Gasteiger partial charge >= 0.3 is 0 Å². The molecular formula is C24H37NO2. The van der Waals surface area contributed by atoms with Crippen molar-refractivity contribution in [3.8, 4) is 0 Å². The first kappa shape index (κ1) is 20.6. The highest BCUT2D eigenvalue weighted by molar-refractivity contribution is 5.66. The van der Waals surface area contributed by atoms with Crippen LogP contribution in [0, 0.1) is 5.92 Å². The van der Waals surface area contributed by atoms with Gasteiger partial charge in [0.2, 0.25) is 0 Å². The van der Waals surface area contributed by atoms with Gasteiger partial charge in [0, 0.05) is 6.61 Å². The Labute approximate surface area is 165 Å². The maximum absolute atomic E-state index is 5.87. The number of unbranched alkanes of at least 4 members (excludes halogenated alkanes) is 3. The van der Waals surface area contributed by atoms with Crippen LogP contribution in [0.15, 0.2) is 30.3 Å². The SMILES string of the molecule is C1=C(c2ccc(COCCCCCCC3CCCCNC3)cc2)CCOC1. The van der Waals surface area contributed by atoms with E-state index in [9.17, 15) is 0 Å². The number of rotatable bonds is 10. The maximum Gasteiger partial charge on any atom is 0.0716 e. The van der Waals surface area contributed by atoms with Gasteiger partial charge in [-0.05, 0) is 67.8 Å². The second kappa shape index (κ2) is 12.3. The lowest BCUT2D eigenvalue weighted by Gasteiger charge is -2.14. The molecule has 3 rings (SSSR count). The van der Waals surface area contributed by atoms with Crippen molar-refractivity contribution in [1.29, 1.82) is 0 Å². The zero-order valence-corrected chi connectivity index (χ0v) is 16.9. The highest BCUT2D eigenvalue weighted by Crippen LogP contribution is 2.22. The second-order valence-electron chi connectivity index (χ2n) is 8.07. The molecule has 2 aliphatic rings. The molecule has 1 aromatic rings. The molecule has 27 heavy (non-hydrogen) atoms. The summed E-state index contributed by atoms with van der Waals surface area (Å²) in [4.78, 5) is 0. The van der Waals surface area contributed by atoms with E-state index in [4.69, 9.17) is 9.47 Å². The predicted octanol–water partition coefficient (Wildman–Crippen LogP) is 5.35. The quantitative estimate of drug-likeness (QED) is 0.563. The smallest absolute Gasteiger partial charge is 0.0716 e. The van der Waals surface area contributed by atoms with E-state index in [0.717, 1.165) is 38.8 Å². The number of nitrogens with one attached hydrogen (secondary N) is 1. The Hall–Kier alpha value is -1.16. The van der Waals surface area contributed by atoms with Gasteiger partial charge in [0.1, 0.15) is 0 Å². The highest BCUT2D eigenvalue weighted by atomic mass is 16.5. The summed E-state index contributed by atoms with van der Waals surface area (Å²) < 4.78 is 11.3. The van der Waals surface area contributed by atoms with E-state index >= 15 is 0 Å². The summed E-state index contributed by atoms with van der Waals surface area (Å²) in [7, 11) is 0. The van der Waals surface area contributed by atoms with E-state index < -0.39 is 0 Å². The van der Waals surface area contributed by atoms with Crippen LogP contribution in [0.3, 0.4) is 0 Å². The molecule has 3 nitrogen and oxygen atoms in total. The summed E-state index contributed by atoms with van der Waals surface area (Å²) in [6, 6.07) is 8.84. The summed E-state index contributed by atoms with van der Waals surface area (Å²) in [6.07, 6.45) is 14.1. The Balaban J connectivity index is 1.21. The Morgan fingerprint density at radius 1 is 1.04 bits per heavy atom. The molecule has 1 aromatic carbocycles. The van der Waals surface area contributed by atoms with E-state index in [1.165, 1.54) is 81.2 Å². The number of ether oxygens (including phenoxy) is 2. The molecule has 2 aliphatic heterocycles. The molecular weight excluding hydrogens is 334 g/mol. The molecule has 2 heterocycles. The van der Waals surface area contributed by atoms with Crippen LogP contribution in [0.5, 0.6) is 0 Å². The van der Waals surface area contributed by atoms with Gasteiger partial charge in [-0.3, -0.25) is 0 Å². The fourth-order valence-corrected chi connectivity index (χ4v) is 4.12. The van der Waals surface area contributed by atoms with Crippen molar-refractivity contribution in [2.75, 3.05) is 32.9 Å². The van der Waals surface area contributed by atoms with Gasteiger partial charge in [-0.25, -0.2) is 0 Å². The Bertz CT molecular complexity index is 544. The van der Waals surface area contributed by atoms with Gasteiger partial charge in [0.15, 0.2) is 0 Å². The van der Waals surface area contributed by atoms with Crippen LogP contribution in [-0.2, 0) is 16.1 Å². The summed E-state index contributed by atoms with van der Waals surface area (Å²) in [6.45, 7) is 5.67. The Kier molecular flexibility index (Phi) is 9.39. The number of hydrogen-bond donors (Lipinski definition) is 1.